The third-order valence-corrected chi connectivity index (χ3v) is 3.56. The van der Waals surface area contributed by atoms with Crippen molar-refractivity contribution in [2.45, 2.75) is 46.2 Å². The molecule has 0 heterocycles. The zero-order valence-electron chi connectivity index (χ0n) is 13.6. The van der Waals surface area contributed by atoms with Crippen LogP contribution in [-0.2, 0) is 0 Å². The molecule has 0 amide bonds. The first-order valence-corrected chi connectivity index (χ1v) is 7.74. The van der Waals surface area contributed by atoms with Crippen LogP contribution in [0.25, 0.3) is 0 Å². The van der Waals surface area contributed by atoms with Gasteiger partial charge < -0.3 is 15.0 Å². The zero-order valence-corrected chi connectivity index (χ0v) is 13.6. The first kappa shape index (κ1) is 17.0. The molecule has 0 spiro atoms. The standard InChI is InChI=1S/C17H30N2O/c1-6-12-20-16-10-8-15(9-11-16)17(18-7-2)13-19(5)14(3)4/h8-11,14,17-18H,6-7,12-13H2,1-5H3. The lowest BCUT2D eigenvalue weighted by atomic mass is 10.1. The van der Waals surface area contributed by atoms with Crippen molar-refractivity contribution in [2.75, 3.05) is 26.7 Å². The van der Waals surface area contributed by atoms with E-state index < -0.39 is 0 Å². The fraction of sp³-hybridized carbons (Fsp3) is 0.647. The van der Waals surface area contributed by atoms with Gasteiger partial charge in [0.05, 0.1) is 6.61 Å². The molecule has 0 aliphatic rings. The summed E-state index contributed by atoms with van der Waals surface area (Å²) in [4.78, 5) is 2.37. The van der Waals surface area contributed by atoms with E-state index in [1.54, 1.807) is 0 Å². The monoisotopic (exact) mass is 278 g/mol. The van der Waals surface area contributed by atoms with Gasteiger partial charge in [0.1, 0.15) is 5.75 Å². The van der Waals surface area contributed by atoms with Gasteiger partial charge in [0.15, 0.2) is 0 Å². The number of rotatable bonds is 9. The van der Waals surface area contributed by atoms with Gasteiger partial charge in [0.2, 0.25) is 0 Å². The molecule has 0 fully saturated rings. The minimum absolute atomic E-state index is 0.368. The summed E-state index contributed by atoms with van der Waals surface area (Å²) in [5.41, 5.74) is 1.32. The van der Waals surface area contributed by atoms with Gasteiger partial charge in [0.25, 0.3) is 0 Å². The van der Waals surface area contributed by atoms with Gasteiger partial charge in [0, 0.05) is 18.6 Å². The number of nitrogens with zero attached hydrogens (tertiary/aromatic N) is 1. The van der Waals surface area contributed by atoms with Crippen molar-refractivity contribution in [1.29, 1.82) is 0 Å². The van der Waals surface area contributed by atoms with E-state index in [0.717, 1.165) is 31.9 Å². The molecule has 0 aliphatic heterocycles. The predicted molar refractivity (Wildman–Crippen MR) is 86.4 cm³/mol. The molecule has 1 aromatic rings. The Labute approximate surface area is 124 Å². The Hall–Kier alpha value is -1.06. The molecular formula is C17H30N2O. The topological polar surface area (TPSA) is 24.5 Å². The lowest BCUT2D eigenvalue weighted by Gasteiger charge is -2.28. The van der Waals surface area contributed by atoms with E-state index in [4.69, 9.17) is 4.74 Å². The van der Waals surface area contributed by atoms with Crippen LogP contribution in [-0.4, -0.2) is 37.7 Å². The first-order chi connectivity index (χ1) is 9.58. The van der Waals surface area contributed by atoms with E-state index in [0.29, 0.717) is 12.1 Å². The fourth-order valence-corrected chi connectivity index (χ4v) is 2.05. The van der Waals surface area contributed by atoms with Crippen LogP contribution in [0.3, 0.4) is 0 Å². The molecular weight excluding hydrogens is 248 g/mol. The second kappa shape index (κ2) is 8.98. The van der Waals surface area contributed by atoms with Gasteiger partial charge >= 0.3 is 0 Å². The third-order valence-electron chi connectivity index (χ3n) is 3.56. The van der Waals surface area contributed by atoms with Crippen LogP contribution in [0.4, 0.5) is 0 Å². The van der Waals surface area contributed by atoms with E-state index >= 15 is 0 Å². The maximum Gasteiger partial charge on any atom is 0.119 e. The van der Waals surface area contributed by atoms with E-state index in [2.05, 4.69) is 69.2 Å². The van der Waals surface area contributed by atoms with Gasteiger partial charge in [-0.2, -0.15) is 0 Å². The molecule has 1 N–H and O–H groups in total. The number of benzene rings is 1. The highest BCUT2D eigenvalue weighted by atomic mass is 16.5. The van der Waals surface area contributed by atoms with Crippen LogP contribution in [0.15, 0.2) is 24.3 Å². The summed E-state index contributed by atoms with van der Waals surface area (Å²) < 4.78 is 5.64. The molecule has 114 valence electrons. The Morgan fingerprint density at radius 2 is 1.80 bits per heavy atom. The Morgan fingerprint density at radius 1 is 1.15 bits per heavy atom. The van der Waals surface area contributed by atoms with E-state index in [-0.39, 0.29) is 0 Å². The zero-order chi connectivity index (χ0) is 15.0. The maximum atomic E-state index is 5.64. The van der Waals surface area contributed by atoms with Crippen molar-refractivity contribution in [2.24, 2.45) is 0 Å². The predicted octanol–water partition coefficient (Wildman–Crippen LogP) is 3.47. The molecule has 0 bridgehead atoms. The Morgan fingerprint density at radius 3 is 2.30 bits per heavy atom. The van der Waals surface area contributed by atoms with E-state index in [1.165, 1.54) is 5.56 Å². The van der Waals surface area contributed by atoms with Gasteiger partial charge in [-0.15, -0.1) is 0 Å². The van der Waals surface area contributed by atoms with Crippen LogP contribution in [0.1, 0.15) is 45.7 Å². The molecule has 20 heavy (non-hydrogen) atoms. The molecule has 0 saturated heterocycles. The SMILES string of the molecule is CCCOc1ccc(C(CN(C)C(C)C)NCC)cc1. The molecule has 1 aromatic carbocycles. The molecule has 1 unspecified atom stereocenters. The van der Waals surface area contributed by atoms with E-state index in [9.17, 15) is 0 Å². The highest BCUT2D eigenvalue weighted by Crippen LogP contribution is 2.19. The molecule has 0 aliphatic carbocycles. The summed E-state index contributed by atoms with van der Waals surface area (Å²) in [5, 5.41) is 3.56. The molecule has 3 heteroatoms. The molecule has 3 nitrogen and oxygen atoms in total. The number of ether oxygens (including phenoxy) is 1. The van der Waals surface area contributed by atoms with Gasteiger partial charge in [-0.25, -0.2) is 0 Å². The smallest absolute Gasteiger partial charge is 0.119 e. The van der Waals surface area contributed by atoms with Crippen molar-refractivity contribution >= 4 is 0 Å². The summed E-state index contributed by atoms with van der Waals surface area (Å²) in [6, 6.07) is 9.42. The number of likely N-dealkylation sites (N-methyl/N-ethyl adjacent to an activating group) is 2. The molecule has 0 radical (unpaired) electrons. The van der Waals surface area contributed by atoms with Crippen molar-refractivity contribution in [1.82, 2.24) is 10.2 Å². The van der Waals surface area contributed by atoms with Crippen LogP contribution in [0.2, 0.25) is 0 Å². The lowest BCUT2D eigenvalue weighted by Crippen LogP contribution is -2.36. The second-order valence-electron chi connectivity index (χ2n) is 5.56. The summed E-state index contributed by atoms with van der Waals surface area (Å²) in [7, 11) is 2.17. The summed E-state index contributed by atoms with van der Waals surface area (Å²) in [6.07, 6.45) is 1.04. The molecule has 0 aromatic heterocycles. The summed E-state index contributed by atoms with van der Waals surface area (Å²) >= 11 is 0. The molecule has 0 saturated carbocycles. The number of hydrogen-bond acceptors (Lipinski definition) is 3. The average molecular weight is 278 g/mol. The fourth-order valence-electron chi connectivity index (χ4n) is 2.05. The van der Waals surface area contributed by atoms with Crippen LogP contribution < -0.4 is 10.1 Å². The second-order valence-corrected chi connectivity index (χ2v) is 5.56. The minimum Gasteiger partial charge on any atom is -0.494 e. The van der Waals surface area contributed by atoms with Crippen LogP contribution >= 0.6 is 0 Å². The van der Waals surface area contributed by atoms with Gasteiger partial charge in [-0.3, -0.25) is 0 Å². The van der Waals surface area contributed by atoms with Gasteiger partial charge in [-0.1, -0.05) is 26.0 Å². The molecule has 1 atom stereocenters. The Kier molecular flexibility index (Phi) is 7.63. The highest BCUT2D eigenvalue weighted by molar-refractivity contribution is 5.29. The largest absolute Gasteiger partial charge is 0.494 e. The normalized spacial score (nSPS) is 12.9. The van der Waals surface area contributed by atoms with E-state index in [1.807, 2.05) is 0 Å². The Balaban J connectivity index is 2.70. The quantitative estimate of drug-likeness (QED) is 0.748. The highest BCUT2D eigenvalue weighted by Gasteiger charge is 2.14. The average Bonchev–Trinajstić information content (AvgIpc) is 2.45. The van der Waals surface area contributed by atoms with Crippen molar-refractivity contribution < 1.29 is 4.74 Å². The van der Waals surface area contributed by atoms with Gasteiger partial charge in [-0.05, 0) is 51.6 Å². The maximum absolute atomic E-state index is 5.64. The molecule has 1 rings (SSSR count). The summed E-state index contributed by atoms with van der Waals surface area (Å²) in [6.45, 7) is 11.5. The minimum atomic E-state index is 0.368. The first-order valence-electron chi connectivity index (χ1n) is 7.74. The number of hydrogen-bond donors (Lipinski definition) is 1. The third kappa shape index (κ3) is 5.51. The number of nitrogens with one attached hydrogen (secondary N) is 1. The summed E-state index contributed by atoms with van der Waals surface area (Å²) in [5.74, 6) is 0.961. The Bertz CT molecular complexity index is 362. The van der Waals surface area contributed by atoms with Crippen LogP contribution in [0, 0.1) is 0 Å². The lowest BCUT2D eigenvalue weighted by molar-refractivity contribution is 0.243. The van der Waals surface area contributed by atoms with Crippen molar-refractivity contribution in [3.8, 4) is 5.75 Å². The van der Waals surface area contributed by atoms with Crippen molar-refractivity contribution in [3.63, 3.8) is 0 Å². The van der Waals surface area contributed by atoms with Crippen LogP contribution in [0.5, 0.6) is 5.75 Å². The van der Waals surface area contributed by atoms with Crippen molar-refractivity contribution in [3.05, 3.63) is 29.8 Å².